The highest BCUT2D eigenvalue weighted by Crippen LogP contribution is 2.23. The predicted octanol–water partition coefficient (Wildman–Crippen LogP) is 2.42. The molecule has 172 valence electrons. The van der Waals surface area contributed by atoms with E-state index in [1.807, 2.05) is 45.9 Å². The molecule has 4 aromatic rings. The molecule has 0 saturated carbocycles. The fraction of sp³-hybridized carbons (Fsp3) is 0.391. The highest BCUT2D eigenvalue weighted by atomic mass is 32.1. The minimum Gasteiger partial charge on any atom is -0.497 e. The molecular weight excluding hydrogens is 440 g/mol. The molecule has 33 heavy (non-hydrogen) atoms. The summed E-state index contributed by atoms with van der Waals surface area (Å²) in [6.07, 6.45) is 0.833. The average molecular weight is 467 g/mol. The summed E-state index contributed by atoms with van der Waals surface area (Å²) in [7, 11) is 1.67. The van der Waals surface area contributed by atoms with E-state index in [9.17, 15) is 9.59 Å². The van der Waals surface area contributed by atoms with Gasteiger partial charge in [0.25, 0.3) is 5.56 Å². The predicted molar refractivity (Wildman–Crippen MR) is 128 cm³/mol. The Bertz CT molecular complexity index is 1370. The van der Waals surface area contributed by atoms with E-state index in [1.165, 1.54) is 11.3 Å². The molecule has 10 heteroatoms. The number of fused-ring (bicyclic) bond motifs is 3. The van der Waals surface area contributed by atoms with Crippen LogP contribution in [0.25, 0.3) is 16.0 Å². The molecule has 4 heterocycles. The number of piperazine rings is 1. The zero-order valence-corrected chi connectivity index (χ0v) is 19.5. The molecule has 1 saturated heterocycles. The van der Waals surface area contributed by atoms with Gasteiger partial charge in [0.05, 0.1) is 12.6 Å². The van der Waals surface area contributed by atoms with Gasteiger partial charge in [0, 0.05) is 57.3 Å². The van der Waals surface area contributed by atoms with Crippen molar-refractivity contribution in [1.29, 1.82) is 0 Å². The fourth-order valence-electron chi connectivity index (χ4n) is 4.43. The number of aromatic nitrogens is 4. The third-order valence-electron chi connectivity index (χ3n) is 6.21. The minimum atomic E-state index is -0.0427. The number of carbonyl (C=O) groups excluding carboxylic acids is 1. The number of thiophene rings is 1. The molecule has 0 aliphatic carbocycles. The number of rotatable bonds is 6. The number of carbonyl (C=O) groups is 1. The Morgan fingerprint density at radius 1 is 1.15 bits per heavy atom. The highest BCUT2D eigenvalue weighted by Gasteiger charge is 2.23. The summed E-state index contributed by atoms with van der Waals surface area (Å²) < 4.78 is 9.56. The third kappa shape index (κ3) is 3.84. The molecule has 0 bridgehead atoms. The topological polar surface area (TPSA) is 85.0 Å². The van der Waals surface area contributed by atoms with Gasteiger partial charge in [-0.05, 0) is 30.5 Å². The van der Waals surface area contributed by atoms with Crippen molar-refractivity contribution >= 4 is 38.9 Å². The first-order valence-electron chi connectivity index (χ1n) is 11.1. The Kier molecular flexibility index (Phi) is 5.76. The first-order valence-corrected chi connectivity index (χ1v) is 12.0. The lowest BCUT2D eigenvalue weighted by Gasteiger charge is -2.36. The normalized spacial score (nSPS) is 14.4. The zero-order valence-electron chi connectivity index (χ0n) is 18.7. The second-order valence-electron chi connectivity index (χ2n) is 8.01. The van der Waals surface area contributed by atoms with Gasteiger partial charge in [0.2, 0.25) is 11.7 Å². The Morgan fingerprint density at radius 2 is 1.97 bits per heavy atom. The van der Waals surface area contributed by atoms with Crippen LogP contribution in [0.3, 0.4) is 0 Å². The summed E-state index contributed by atoms with van der Waals surface area (Å²) >= 11 is 1.42. The van der Waals surface area contributed by atoms with Gasteiger partial charge in [-0.15, -0.1) is 21.5 Å². The minimum absolute atomic E-state index is 0.0427. The molecule has 0 radical (unpaired) electrons. The van der Waals surface area contributed by atoms with Crippen LogP contribution in [0, 0.1) is 0 Å². The maximum atomic E-state index is 12.9. The molecule has 1 aromatic carbocycles. The number of benzene rings is 1. The quantitative estimate of drug-likeness (QED) is 0.434. The van der Waals surface area contributed by atoms with Crippen LogP contribution in [0.5, 0.6) is 5.75 Å². The van der Waals surface area contributed by atoms with E-state index in [2.05, 4.69) is 21.2 Å². The SMILES string of the molecule is CCn1c(=O)c2sccc2n2c(CCC(=O)N3CCN(c4cccc(OC)c4)CC3)nnc12. The van der Waals surface area contributed by atoms with Crippen molar-refractivity contribution in [2.24, 2.45) is 0 Å². The molecule has 0 spiro atoms. The van der Waals surface area contributed by atoms with E-state index in [1.54, 1.807) is 11.7 Å². The van der Waals surface area contributed by atoms with Crippen molar-refractivity contribution < 1.29 is 9.53 Å². The van der Waals surface area contributed by atoms with Gasteiger partial charge in [-0.1, -0.05) is 6.07 Å². The van der Waals surface area contributed by atoms with Crippen molar-refractivity contribution in [2.45, 2.75) is 26.3 Å². The van der Waals surface area contributed by atoms with Gasteiger partial charge in [-0.3, -0.25) is 18.6 Å². The van der Waals surface area contributed by atoms with Gasteiger partial charge >= 0.3 is 0 Å². The van der Waals surface area contributed by atoms with Crippen molar-refractivity contribution in [1.82, 2.24) is 24.1 Å². The number of nitrogens with zero attached hydrogens (tertiary/aromatic N) is 6. The van der Waals surface area contributed by atoms with Crippen LogP contribution in [0.2, 0.25) is 0 Å². The van der Waals surface area contributed by atoms with Crippen molar-refractivity contribution in [3.8, 4) is 5.75 Å². The number of methoxy groups -OCH3 is 1. The molecule has 0 unspecified atom stereocenters. The summed E-state index contributed by atoms with van der Waals surface area (Å²) in [6.45, 7) is 5.37. The maximum Gasteiger partial charge on any atom is 0.272 e. The summed E-state index contributed by atoms with van der Waals surface area (Å²) in [5.41, 5.74) is 1.88. The number of anilines is 1. The van der Waals surface area contributed by atoms with Crippen LogP contribution in [0.15, 0.2) is 40.5 Å². The summed E-state index contributed by atoms with van der Waals surface area (Å²) in [5, 5.41) is 10.5. The number of hydrogen-bond acceptors (Lipinski definition) is 7. The second-order valence-corrected chi connectivity index (χ2v) is 8.92. The molecule has 1 aliphatic heterocycles. The van der Waals surface area contributed by atoms with Gasteiger partial charge in [-0.25, -0.2) is 0 Å². The maximum absolute atomic E-state index is 12.9. The summed E-state index contributed by atoms with van der Waals surface area (Å²) in [5.74, 6) is 2.18. The van der Waals surface area contributed by atoms with Gasteiger partial charge < -0.3 is 14.5 Å². The molecule has 9 nitrogen and oxygen atoms in total. The second kappa shape index (κ2) is 8.86. The molecule has 0 N–H and O–H groups in total. The number of ether oxygens (including phenoxy) is 1. The zero-order chi connectivity index (χ0) is 22.9. The smallest absolute Gasteiger partial charge is 0.272 e. The Morgan fingerprint density at radius 3 is 2.73 bits per heavy atom. The van der Waals surface area contributed by atoms with Gasteiger partial charge in [0.1, 0.15) is 16.3 Å². The van der Waals surface area contributed by atoms with Crippen LogP contribution in [-0.2, 0) is 17.8 Å². The van der Waals surface area contributed by atoms with Crippen LogP contribution < -0.4 is 15.2 Å². The highest BCUT2D eigenvalue weighted by molar-refractivity contribution is 7.17. The van der Waals surface area contributed by atoms with E-state index in [0.717, 1.165) is 30.0 Å². The van der Waals surface area contributed by atoms with Crippen LogP contribution in [0.4, 0.5) is 5.69 Å². The Labute approximate surface area is 194 Å². The van der Waals surface area contributed by atoms with Gasteiger partial charge in [-0.2, -0.15) is 0 Å². The molecule has 1 aliphatic rings. The molecule has 0 atom stereocenters. The van der Waals surface area contributed by atoms with E-state index in [4.69, 9.17) is 4.74 Å². The molecule has 3 aromatic heterocycles. The number of hydrogen-bond donors (Lipinski definition) is 0. The Hall–Kier alpha value is -3.40. The largest absolute Gasteiger partial charge is 0.497 e. The van der Waals surface area contributed by atoms with Crippen molar-refractivity contribution in [3.05, 3.63) is 51.9 Å². The molecule has 1 amide bonds. The van der Waals surface area contributed by atoms with Crippen molar-refractivity contribution in [3.63, 3.8) is 0 Å². The lowest BCUT2D eigenvalue weighted by Crippen LogP contribution is -2.48. The van der Waals surface area contributed by atoms with E-state index in [0.29, 0.717) is 48.8 Å². The van der Waals surface area contributed by atoms with Crippen LogP contribution >= 0.6 is 11.3 Å². The standard InChI is InChI=1S/C23H26N6O3S/c1-3-28-22(31)21-18(9-14-33-21)29-19(24-25-23(28)29)7-8-20(30)27-12-10-26(11-13-27)16-5-4-6-17(15-16)32-2/h4-6,9,14-15H,3,7-8,10-13H2,1-2H3. The van der Waals surface area contributed by atoms with Crippen molar-refractivity contribution in [2.75, 3.05) is 38.2 Å². The summed E-state index contributed by atoms with van der Waals surface area (Å²) in [6, 6.07) is 9.92. The van der Waals surface area contributed by atoms with Crippen LogP contribution in [0.1, 0.15) is 19.2 Å². The average Bonchev–Trinajstić information content (AvgIpc) is 3.50. The number of amides is 1. The van der Waals surface area contributed by atoms with E-state index >= 15 is 0 Å². The molecule has 5 rings (SSSR count). The monoisotopic (exact) mass is 466 g/mol. The molecular formula is C23H26N6O3S. The summed E-state index contributed by atoms with van der Waals surface area (Å²) in [4.78, 5) is 29.8. The third-order valence-corrected chi connectivity index (χ3v) is 7.10. The molecule has 1 fully saturated rings. The van der Waals surface area contributed by atoms with E-state index in [-0.39, 0.29) is 11.5 Å². The first-order chi connectivity index (χ1) is 16.1. The lowest BCUT2D eigenvalue weighted by molar-refractivity contribution is -0.131. The number of aryl methyl sites for hydroxylation is 2. The fourth-order valence-corrected chi connectivity index (χ4v) is 5.25. The lowest BCUT2D eigenvalue weighted by atomic mass is 10.2. The van der Waals surface area contributed by atoms with Crippen LogP contribution in [-0.4, -0.2) is 63.3 Å². The first kappa shape index (κ1) is 21.4. The van der Waals surface area contributed by atoms with Gasteiger partial charge in [0.15, 0.2) is 0 Å². The van der Waals surface area contributed by atoms with E-state index < -0.39 is 0 Å². The Balaban J connectivity index is 1.27.